The first-order valence-corrected chi connectivity index (χ1v) is 3.97. The smallest absolute Gasteiger partial charge is 0.316 e. The first-order chi connectivity index (χ1) is 5.59. The number of halogens is 1. The summed E-state index contributed by atoms with van der Waals surface area (Å²) < 4.78 is 0. The molecule has 0 aromatic heterocycles. The molecule has 3 N–H and O–H groups in total. The maximum Gasteiger partial charge on any atom is 0.316 e. The van der Waals surface area contributed by atoms with Crippen molar-refractivity contribution in [3.8, 4) is 0 Å². The van der Waals surface area contributed by atoms with Crippen molar-refractivity contribution in [1.82, 2.24) is 0 Å². The van der Waals surface area contributed by atoms with Gasteiger partial charge in [-0.15, -0.1) is 12.6 Å². The lowest BCUT2D eigenvalue weighted by Gasteiger charge is -2.04. The molecule has 0 saturated carbocycles. The third-order valence-electron chi connectivity index (χ3n) is 1.22. The number of urea groups is 1. The van der Waals surface area contributed by atoms with Gasteiger partial charge in [-0.25, -0.2) is 4.79 Å². The van der Waals surface area contributed by atoms with Gasteiger partial charge in [-0.1, -0.05) is 11.6 Å². The predicted octanol–water partition coefficient (Wildman–Crippen LogP) is 2.12. The molecule has 12 heavy (non-hydrogen) atoms. The van der Waals surface area contributed by atoms with Gasteiger partial charge in [0.05, 0.1) is 5.69 Å². The van der Waals surface area contributed by atoms with Crippen LogP contribution in [0.2, 0.25) is 5.02 Å². The number of benzene rings is 1. The summed E-state index contributed by atoms with van der Waals surface area (Å²) in [5, 5.41) is 2.97. The molecule has 0 unspecified atom stereocenters. The third kappa shape index (κ3) is 2.32. The van der Waals surface area contributed by atoms with Gasteiger partial charge in [0.2, 0.25) is 0 Å². The second kappa shape index (κ2) is 3.69. The Balaban J connectivity index is 2.93. The number of primary amides is 1. The highest BCUT2D eigenvalue weighted by molar-refractivity contribution is 7.80. The SMILES string of the molecule is NC(=O)Nc1ccc(Cl)cc1S. The third-order valence-corrected chi connectivity index (χ3v) is 1.82. The zero-order chi connectivity index (χ0) is 9.14. The average Bonchev–Trinajstić information content (AvgIpc) is 1.94. The Morgan fingerprint density at radius 1 is 1.58 bits per heavy atom. The van der Waals surface area contributed by atoms with Crippen molar-refractivity contribution in [3.05, 3.63) is 23.2 Å². The van der Waals surface area contributed by atoms with E-state index in [-0.39, 0.29) is 0 Å². The van der Waals surface area contributed by atoms with Crippen LogP contribution in [0.1, 0.15) is 0 Å². The molecular weight excluding hydrogens is 196 g/mol. The number of nitrogens with two attached hydrogens (primary N) is 1. The number of hydrogen-bond donors (Lipinski definition) is 3. The number of anilines is 1. The first-order valence-electron chi connectivity index (χ1n) is 3.14. The monoisotopic (exact) mass is 202 g/mol. The summed E-state index contributed by atoms with van der Waals surface area (Å²) in [5.41, 5.74) is 5.47. The summed E-state index contributed by atoms with van der Waals surface area (Å²) in [6, 6.07) is 4.28. The molecule has 0 spiro atoms. The highest BCUT2D eigenvalue weighted by Gasteiger charge is 2.00. The molecule has 64 valence electrons. The van der Waals surface area contributed by atoms with Gasteiger partial charge in [-0.2, -0.15) is 0 Å². The standard InChI is InChI=1S/C7H7ClN2OS/c8-4-1-2-5(6(12)3-4)10-7(9)11/h1-3,12H,(H3,9,10,11). The second-order valence-corrected chi connectivity index (χ2v) is 3.07. The maximum atomic E-state index is 10.5. The second-order valence-electron chi connectivity index (χ2n) is 2.15. The molecule has 2 amide bonds. The van der Waals surface area contributed by atoms with Crippen molar-refractivity contribution in [3.63, 3.8) is 0 Å². The van der Waals surface area contributed by atoms with E-state index in [9.17, 15) is 4.79 Å². The maximum absolute atomic E-state index is 10.5. The molecule has 0 bridgehead atoms. The molecule has 1 aromatic carbocycles. The van der Waals surface area contributed by atoms with Crippen molar-refractivity contribution in [2.45, 2.75) is 4.90 Å². The fraction of sp³-hybridized carbons (Fsp3) is 0. The Morgan fingerprint density at radius 3 is 2.75 bits per heavy atom. The Bertz CT molecular complexity index is 316. The number of hydrogen-bond acceptors (Lipinski definition) is 2. The summed E-state index contributed by atoms with van der Waals surface area (Å²) in [5.74, 6) is 0. The number of nitrogens with one attached hydrogen (secondary N) is 1. The van der Waals surface area contributed by atoms with Crippen molar-refractivity contribution in [1.29, 1.82) is 0 Å². The minimum atomic E-state index is -0.618. The van der Waals surface area contributed by atoms with Gasteiger partial charge < -0.3 is 11.1 Å². The lowest BCUT2D eigenvalue weighted by Crippen LogP contribution is -2.19. The zero-order valence-electron chi connectivity index (χ0n) is 6.04. The van der Waals surface area contributed by atoms with E-state index >= 15 is 0 Å². The molecule has 1 aromatic rings. The molecule has 5 heteroatoms. The Kier molecular flexibility index (Phi) is 2.83. The lowest BCUT2D eigenvalue weighted by atomic mass is 10.3. The predicted molar refractivity (Wildman–Crippen MR) is 51.9 cm³/mol. The van der Waals surface area contributed by atoms with Crippen LogP contribution >= 0.6 is 24.2 Å². The summed E-state index contributed by atoms with van der Waals surface area (Å²) in [6.07, 6.45) is 0. The van der Waals surface area contributed by atoms with Crippen LogP contribution in [-0.4, -0.2) is 6.03 Å². The van der Waals surface area contributed by atoms with Gasteiger partial charge in [0.25, 0.3) is 0 Å². The van der Waals surface area contributed by atoms with Gasteiger partial charge in [-0.3, -0.25) is 0 Å². The molecule has 0 heterocycles. The average molecular weight is 203 g/mol. The lowest BCUT2D eigenvalue weighted by molar-refractivity contribution is 0.259. The molecule has 0 fully saturated rings. The van der Waals surface area contributed by atoms with E-state index < -0.39 is 6.03 Å². The molecule has 0 aliphatic rings. The summed E-state index contributed by atoms with van der Waals surface area (Å²) in [4.78, 5) is 11.0. The molecule has 0 aliphatic heterocycles. The van der Waals surface area contributed by atoms with Crippen LogP contribution in [-0.2, 0) is 0 Å². The Labute approximate surface area is 80.3 Å². The number of thiol groups is 1. The quantitative estimate of drug-likeness (QED) is 0.601. The van der Waals surface area contributed by atoms with Crippen LogP contribution < -0.4 is 11.1 Å². The van der Waals surface area contributed by atoms with Crippen molar-refractivity contribution < 1.29 is 4.79 Å². The molecule has 1 rings (SSSR count). The van der Waals surface area contributed by atoms with E-state index in [0.29, 0.717) is 15.6 Å². The molecule has 0 radical (unpaired) electrons. The van der Waals surface area contributed by atoms with Gasteiger partial charge in [0, 0.05) is 9.92 Å². The topological polar surface area (TPSA) is 55.1 Å². The fourth-order valence-corrected chi connectivity index (χ4v) is 1.26. The van der Waals surface area contributed by atoms with E-state index in [1.165, 1.54) is 0 Å². The van der Waals surface area contributed by atoms with Gasteiger partial charge >= 0.3 is 6.03 Å². The Morgan fingerprint density at radius 2 is 2.25 bits per heavy atom. The molecular formula is C7H7ClN2OS. The van der Waals surface area contributed by atoms with Crippen molar-refractivity contribution in [2.75, 3.05) is 5.32 Å². The van der Waals surface area contributed by atoms with Crippen LogP contribution in [0.15, 0.2) is 23.1 Å². The van der Waals surface area contributed by atoms with E-state index in [0.717, 1.165) is 0 Å². The molecule has 0 atom stereocenters. The van der Waals surface area contributed by atoms with Crippen molar-refractivity contribution in [2.24, 2.45) is 5.73 Å². The van der Waals surface area contributed by atoms with E-state index in [2.05, 4.69) is 17.9 Å². The molecule has 0 saturated heterocycles. The van der Waals surface area contributed by atoms with Crippen LogP contribution in [0, 0.1) is 0 Å². The zero-order valence-corrected chi connectivity index (χ0v) is 7.69. The summed E-state index contributed by atoms with van der Waals surface area (Å²) in [7, 11) is 0. The fourth-order valence-electron chi connectivity index (χ4n) is 0.743. The normalized spacial score (nSPS) is 9.50. The van der Waals surface area contributed by atoms with Gasteiger partial charge in [0.1, 0.15) is 0 Å². The summed E-state index contributed by atoms with van der Waals surface area (Å²) in [6.45, 7) is 0. The largest absolute Gasteiger partial charge is 0.351 e. The Hall–Kier alpha value is -0.870. The molecule has 3 nitrogen and oxygen atoms in total. The molecule has 0 aliphatic carbocycles. The number of rotatable bonds is 1. The summed E-state index contributed by atoms with van der Waals surface area (Å²) >= 11 is 9.75. The number of carbonyl (C=O) groups is 1. The highest BCUT2D eigenvalue weighted by Crippen LogP contribution is 2.23. The van der Waals surface area contributed by atoms with Gasteiger partial charge in [0.15, 0.2) is 0 Å². The first kappa shape index (κ1) is 9.22. The minimum absolute atomic E-state index is 0.551. The van der Waals surface area contributed by atoms with Gasteiger partial charge in [-0.05, 0) is 18.2 Å². The van der Waals surface area contributed by atoms with E-state index in [4.69, 9.17) is 17.3 Å². The van der Waals surface area contributed by atoms with Crippen molar-refractivity contribution >= 4 is 35.9 Å². The van der Waals surface area contributed by atoms with Crippen LogP contribution in [0.25, 0.3) is 0 Å². The minimum Gasteiger partial charge on any atom is -0.351 e. The highest BCUT2D eigenvalue weighted by atomic mass is 35.5. The van der Waals surface area contributed by atoms with Crippen LogP contribution in [0.5, 0.6) is 0 Å². The van der Waals surface area contributed by atoms with E-state index in [1.54, 1.807) is 18.2 Å². The van der Waals surface area contributed by atoms with Crippen LogP contribution in [0.3, 0.4) is 0 Å². The number of carbonyl (C=O) groups excluding carboxylic acids is 1. The van der Waals surface area contributed by atoms with E-state index in [1.807, 2.05) is 0 Å². The van der Waals surface area contributed by atoms with Crippen LogP contribution in [0.4, 0.5) is 10.5 Å². The number of amides is 2.